The number of nitrogens with one attached hydrogen (secondary N) is 1. The number of hydrogen-bond acceptors (Lipinski definition) is 5. The van der Waals surface area contributed by atoms with Crippen LogP contribution in [-0.4, -0.2) is 61.7 Å². The van der Waals surface area contributed by atoms with E-state index in [0.29, 0.717) is 32.0 Å². The standard InChI is InChI=1S/C15H28N2O4S/c1-15(2,3)21-14(18)17(13-4-5-13)9-8-16-12-6-10-22(19,20)11-7-12/h12-13,16H,4-11H2,1-3H3. The van der Waals surface area contributed by atoms with Crippen molar-refractivity contribution in [2.45, 2.75) is 64.1 Å². The van der Waals surface area contributed by atoms with E-state index in [2.05, 4.69) is 5.32 Å². The fourth-order valence-corrected chi connectivity index (χ4v) is 4.10. The Morgan fingerprint density at radius 2 is 1.77 bits per heavy atom. The molecule has 2 fully saturated rings. The number of amides is 1. The van der Waals surface area contributed by atoms with Crippen LogP contribution in [0, 0.1) is 0 Å². The summed E-state index contributed by atoms with van der Waals surface area (Å²) >= 11 is 0. The fourth-order valence-electron chi connectivity index (χ4n) is 2.61. The lowest BCUT2D eigenvalue weighted by molar-refractivity contribution is 0.0234. The second-order valence-electron chi connectivity index (χ2n) is 7.29. The van der Waals surface area contributed by atoms with Crippen LogP contribution >= 0.6 is 0 Å². The maximum atomic E-state index is 12.2. The first-order valence-electron chi connectivity index (χ1n) is 8.10. The normalized spacial score (nSPS) is 22.3. The molecule has 1 aliphatic heterocycles. The quantitative estimate of drug-likeness (QED) is 0.827. The Balaban J connectivity index is 1.75. The van der Waals surface area contributed by atoms with Gasteiger partial charge in [-0.05, 0) is 46.5 Å². The van der Waals surface area contributed by atoms with E-state index in [1.165, 1.54) is 0 Å². The Morgan fingerprint density at radius 3 is 2.27 bits per heavy atom. The Labute approximate surface area is 133 Å². The molecule has 22 heavy (non-hydrogen) atoms. The van der Waals surface area contributed by atoms with Crippen LogP contribution in [0.15, 0.2) is 0 Å². The van der Waals surface area contributed by atoms with E-state index in [4.69, 9.17) is 4.74 Å². The molecular weight excluding hydrogens is 304 g/mol. The van der Waals surface area contributed by atoms with E-state index in [-0.39, 0.29) is 23.6 Å². The summed E-state index contributed by atoms with van der Waals surface area (Å²) in [4.78, 5) is 14.0. The highest BCUT2D eigenvalue weighted by molar-refractivity contribution is 7.91. The van der Waals surface area contributed by atoms with E-state index in [0.717, 1.165) is 12.8 Å². The van der Waals surface area contributed by atoms with E-state index < -0.39 is 15.4 Å². The molecule has 128 valence electrons. The summed E-state index contributed by atoms with van der Waals surface area (Å²) in [5.74, 6) is 0.534. The lowest BCUT2D eigenvalue weighted by atomic mass is 10.1. The Hall–Kier alpha value is -0.820. The Bertz CT molecular complexity index is 480. The summed E-state index contributed by atoms with van der Waals surface area (Å²) in [5, 5.41) is 3.38. The molecule has 1 saturated carbocycles. The topological polar surface area (TPSA) is 75.7 Å². The van der Waals surface area contributed by atoms with Crippen molar-refractivity contribution in [2.75, 3.05) is 24.6 Å². The van der Waals surface area contributed by atoms with Crippen molar-refractivity contribution in [2.24, 2.45) is 0 Å². The average Bonchev–Trinajstić information content (AvgIpc) is 3.18. The molecule has 0 radical (unpaired) electrons. The lowest BCUT2D eigenvalue weighted by Crippen LogP contribution is -2.45. The molecular formula is C15H28N2O4S. The van der Waals surface area contributed by atoms with Crippen LogP contribution in [0.5, 0.6) is 0 Å². The van der Waals surface area contributed by atoms with Crippen molar-refractivity contribution in [1.29, 1.82) is 0 Å². The minimum atomic E-state index is -2.82. The first-order chi connectivity index (χ1) is 10.2. The van der Waals surface area contributed by atoms with Gasteiger partial charge in [-0.1, -0.05) is 0 Å². The van der Waals surface area contributed by atoms with E-state index >= 15 is 0 Å². The van der Waals surface area contributed by atoms with Gasteiger partial charge in [-0.3, -0.25) is 0 Å². The molecule has 6 nitrogen and oxygen atoms in total. The molecule has 0 aromatic heterocycles. The summed E-state index contributed by atoms with van der Waals surface area (Å²) in [6.45, 7) is 6.91. The highest BCUT2D eigenvalue weighted by Crippen LogP contribution is 2.28. The van der Waals surface area contributed by atoms with Crippen molar-refractivity contribution >= 4 is 15.9 Å². The largest absolute Gasteiger partial charge is 0.444 e. The van der Waals surface area contributed by atoms with E-state index in [1.807, 2.05) is 20.8 Å². The molecule has 1 aliphatic carbocycles. The predicted molar refractivity (Wildman–Crippen MR) is 85.6 cm³/mol. The predicted octanol–water partition coefficient (Wildman–Crippen LogP) is 1.55. The third-order valence-electron chi connectivity index (χ3n) is 3.96. The summed E-state index contributed by atoms with van der Waals surface area (Å²) in [6.07, 6.45) is 3.17. The summed E-state index contributed by atoms with van der Waals surface area (Å²) in [7, 11) is -2.82. The smallest absolute Gasteiger partial charge is 0.410 e. The van der Waals surface area contributed by atoms with Gasteiger partial charge < -0.3 is 15.0 Å². The number of nitrogens with zero attached hydrogens (tertiary/aromatic N) is 1. The maximum Gasteiger partial charge on any atom is 0.410 e. The van der Waals surface area contributed by atoms with Crippen LogP contribution in [0.3, 0.4) is 0 Å². The van der Waals surface area contributed by atoms with Crippen LogP contribution in [0.4, 0.5) is 4.79 Å². The van der Waals surface area contributed by atoms with Gasteiger partial charge in [-0.2, -0.15) is 0 Å². The van der Waals surface area contributed by atoms with Crippen molar-refractivity contribution in [1.82, 2.24) is 10.2 Å². The molecule has 0 spiro atoms. The number of ether oxygens (including phenoxy) is 1. The summed E-state index contributed by atoms with van der Waals surface area (Å²) in [5.41, 5.74) is -0.477. The van der Waals surface area contributed by atoms with Gasteiger partial charge in [-0.15, -0.1) is 0 Å². The molecule has 1 heterocycles. The van der Waals surface area contributed by atoms with Crippen molar-refractivity contribution in [3.8, 4) is 0 Å². The fraction of sp³-hybridized carbons (Fsp3) is 0.933. The zero-order chi connectivity index (χ0) is 16.4. The molecule has 1 amide bonds. The molecule has 7 heteroatoms. The Morgan fingerprint density at radius 1 is 1.18 bits per heavy atom. The van der Waals surface area contributed by atoms with Gasteiger partial charge in [0.1, 0.15) is 15.4 Å². The molecule has 2 rings (SSSR count). The number of carbonyl (C=O) groups is 1. The van der Waals surface area contributed by atoms with Crippen LogP contribution in [-0.2, 0) is 14.6 Å². The first kappa shape index (κ1) is 17.5. The summed E-state index contributed by atoms with van der Waals surface area (Å²) < 4.78 is 28.3. The zero-order valence-corrected chi connectivity index (χ0v) is 14.6. The molecule has 1 saturated heterocycles. The third-order valence-corrected chi connectivity index (χ3v) is 5.67. The van der Waals surface area contributed by atoms with Gasteiger partial charge in [0.2, 0.25) is 0 Å². The van der Waals surface area contributed by atoms with Crippen molar-refractivity contribution in [3.63, 3.8) is 0 Å². The highest BCUT2D eigenvalue weighted by atomic mass is 32.2. The second-order valence-corrected chi connectivity index (χ2v) is 9.59. The van der Waals surface area contributed by atoms with Gasteiger partial charge in [0.15, 0.2) is 0 Å². The van der Waals surface area contributed by atoms with Gasteiger partial charge in [-0.25, -0.2) is 13.2 Å². The molecule has 2 aliphatic rings. The molecule has 0 bridgehead atoms. The molecule has 1 N–H and O–H groups in total. The van der Waals surface area contributed by atoms with E-state index in [1.54, 1.807) is 4.90 Å². The first-order valence-corrected chi connectivity index (χ1v) is 9.92. The van der Waals surface area contributed by atoms with Crippen LogP contribution in [0.1, 0.15) is 46.5 Å². The minimum Gasteiger partial charge on any atom is -0.444 e. The van der Waals surface area contributed by atoms with E-state index in [9.17, 15) is 13.2 Å². The molecule has 0 unspecified atom stereocenters. The zero-order valence-electron chi connectivity index (χ0n) is 13.8. The van der Waals surface area contributed by atoms with Gasteiger partial charge in [0, 0.05) is 25.2 Å². The lowest BCUT2D eigenvalue weighted by Gasteiger charge is -2.29. The van der Waals surface area contributed by atoms with Crippen molar-refractivity contribution < 1.29 is 17.9 Å². The van der Waals surface area contributed by atoms with Crippen LogP contribution < -0.4 is 5.32 Å². The third kappa shape index (κ3) is 5.76. The Kier molecular flexibility index (Phi) is 5.37. The number of rotatable bonds is 5. The van der Waals surface area contributed by atoms with Gasteiger partial charge in [0.05, 0.1) is 11.5 Å². The summed E-state index contributed by atoms with van der Waals surface area (Å²) in [6, 6.07) is 0.548. The molecule has 0 aromatic rings. The SMILES string of the molecule is CC(C)(C)OC(=O)N(CCNC1CCS(=O)(=O)CC1)C1CC1. The monoisotopic (exact) mass is 332 g/mol. The molecule has 0 aromatic carbocycles. The van der Waals surface area contributed by atoms with Crippen molar-refractivity contribution in [3.05, 3.63) is 0 Å². The van der Waals surface area contributed by atoms with Gasteiger partial charge >= 0.3 is 6.09 Å². The number of carbonyl (C=O) groups excluding carboxylic acids is 1. The minimum absolute atomic E-state index is 0.239. The molecule has 0 atom stereocenters. The van der Waals surface area contributed by atoms with Gasteiger partial charge in [0.25, 0.3) is 0 Å². The second kappa shape index (κ2) is 6.74. The van der Waals surface area contributed by atoms with Crippen LogP contribution in [0.25, 0.3) is 0 Å². The van der Waals surface area contributed by atoms with Crippen LogP contribution in [0.2, 0.25) is 0 Å². The average molecular weight is 332 g/mol. The number of sulfone groups is 1. The number of hydrogen-bond donors (Lipinski definition) is 1. The highest BCUT2D eigenvalue weighted by Gasteiger charge is 2.35. The maximum absolute atomic E-state index is 12.2.